The number of aryl methyl sites for hydroxylation is 1. The molecule has 0 spiro atoms. The van der Waals surface area contributed by atoms with Crippen LogP contribution in [-0.2, 0) is 4.74 Å². The molecule has 0 amide bonds. The van der Waals surface area contributed by atoms with Crippen LogP contribution in [0.3, 0.4) is 0 Å². The number of hydrogen-bond donors (Lipinski definition) is 2. The maximum absolute atomic E-state index is 10.6. The Hall–Kier alpha value is -1.73. The van der Waals surface area contributed by atoms with Crippen LogP contribution in [0, 0.1) is 17.0 Å². The average molecular weight is 241 g/mol. The maximum Gasteiger partial charge on any atom is 0.290 e. The summed E-state index contributed by atoms with van der Waals surface area (Å²) in [6, 6.07) is 2.89. The second kappa shape index (κ2) is 6.12. The lowest BCUT2D eigenvalue weighted by atomic mass is 10.3. The van der Waals surface area contributed by atoms with E-state index < -0.39 is 11.0 Å². The third-order valence-corrected chi connectivity index (χ3v) is 2.13. The van der Waals surface area contributed by atoms with Crippen molar-refractivity contribution in [1.29, 1.82) is 0 Å². The van der Waals surface area contributed by atoms with Gasteiger partial charge >= 0.3 is 0 Å². The average Bonchev–Trinajstić information content (AvgIpc) is 2.26. The zero-order valence-electron chi connectivity index (χ0n) is 9.71. The molecule has 0 aliphatic heterocycles. The molecule has 0 saturated heterocycles. The van der Waals surface area contributed by atoms with Gasteiger partial charge in [-0.3, -0.25) is 10.1 Å². The number of pyridine rings is 1. The van der Waals surface area contributed by atoms with Crippen LogP contribution in [0.1, 0.15) is 5.69 Å². The minimum Gasteiger partial charge on any atom is -0.389 e. The van der Waals surface area contributed by atoms with Crippen LogP contribution in [0.5, 0.6) is 0 Å². The molecule has 0 saturated carbocycles. The van der Waals surface area contributed by atoms with Crippen molar-refractivity contribution in [3.05, 3.63) is 27.9 Å². The molecule has 0 radical (unpaired) electrons. The number of aromatic nitrogens is 1. The summed E-state index contributed by atoms with van der Waals surface area (Å²) in [6.07, 6.45) is -0.641. The quantitative estimate of drug-likeness (QED) is 0.562. The first-order chi connectivity index (χ1) is 8.04. The molecule has 7 heteroatoms. The van der Waals surface area contributed by atoms with E-state index in [4.69, 9.17) is 4.74 Å². The molecular formula is C10H15N3O4. The number of methoxy groups -OCH3 is 1. The van der Waals surface area contributed by atoms with Gasteiger partial charge in [0.2, 0.25) is 0 Å². The Morgan fingerprint density at radius 1 is 1.65 bits per heavy atom. The Kier molecular flexibility index (Phi) is 4.80. The highest BCUT2D eigenvalue weighted by Crippen LogP contribution is 2.17. The minimum absolute atomic E-state index is 0.0204. The van der Waals surface area contributed by atoms with Gasteiger partial charge in [-0.1, -0.05) is 0 Å². The smallest absolute Gasteiger partial charge is 0.290 e. The second-order valence-corrected chi connectivity index (χ2v) is 3.55. The fourth-order valence-electron chi connectivity index (χ4n) is 1.32. The Morgan fingerprint density at radius 3 is 2.88 bits per heavy atom. The van der Waals surface area contributed by atoms with E-state index in [1.54, 1.807) is 6.92 Å². The lowest BCUT2D eigenvalue weighted by Crippen LogP contribution is -2.24. The zero-order valence-corrected chi connectivity index (χ0v) is 9.71. The van der Waals surface area contributed by atoms with E-state index in [1.165, 1.54) is 19.2 Å². The van der Waals surface area contributed by atoms with Crippen molar-refractivity contribution in [3.8, 4) is 0 Å². The molecule has 1 atom stereocenters. The predicted octanol–water partition coefficient (Wildman–Crippen LogP) is 0.717. The summed E-state index contributed by atoms with van der Waals surface area (Å²) < 4.78 is 4.77. The van der Waals surface area contributed by atoms with Gasteiger partial charge < -0.3 is 15.2 Å². The van der Waals surface area contributed by atoms with Crippen molar-refractivity contribution in [2.24, 2.45) is 0 Å². The van der Waals surface area contributed by atoms with Crippen LogP contribution in [0.4, 0.5) is 11.5 Å². The monoisotopic (exact) mass is 241 g/mol. The maximum atomic E-state index is 10.6. The number of nitrogens with one attached hydrogen (secondary N) is 1. The van der Waals surface area contributed by atoms with Gasteiger partial charge in [0, 0.05) is 19.7 Å². The summed E-state index contributed by atoms with van der Waals surface area (Å²) in [5.41, 5.74) is 0.314. The van der Waals surface area contributed by atoms with E-state index >= 15 is 0 Å². The van der Waals surface area contributed by atoms with Gasteiger partial charge in [0.1, 0.15) is 11.5 Å². The van der Waals surface area contributed by atoms with Crippen LogP contribution in [0.25, 0.3) is 0 Å². The third-order valence-electron chi connectivity index (χ3n) is 2.13. The van der Waals surface area contributed by atoms with Gasteiger partial charge in [-0.25, -0.2) is 4.98 Å². The van der Waals surface area contributed by atoms with Gasteiger partial charge in [0.15, 0.2) is 0 Å². The molecule has 0 bridgehead atoms. The van der Waals surface area contributed by atoms with Crippen LogP contribution in [-0.4, -0.2) is 41.4 Å². The number of nitrogens with zero attached hydrogens (tertiary/aromatic N) is 2. The molecule has 17 heavy (non-hydrogen) atoms. The van der Waals surface area contributed by atoms with Crippen LogP contribution < -0.4 is 5.32 Å². The third kappa shape index (κ3) is 3.97. The Bertz CT molecular complexity index is 397. The number of anilines is 1. The molecule has 1 unspecified atom stereocenters. The van der Waals surface area contributed by atoms with Gasteiger partial charge in [-0.2, -0.15) is 0 Å². The Labute approximate surface area is 98.6 Å². The van der Waals surface area contributed by atoms with E-state index in [9.17, 15) is 15.2 Å². The Balaban J connectivity index is 2.62. The number of hydrogen-bond acceptors (Lipinski definition) is 6. The predicted molar refractivity (Wildman–Crippen MR) is 62.0 cm³/mol. The zero-order chi connectivity index (χ0) is 12.8. The minimum atomic E-state index is -0.641. The van der Waals surface area contributed by atoms with Crippen LogP contribution in [0.15, 0.2) is 12.1 Å². The van der Waals surface area contributed by atoms with Crippen molar-refractivity contribution in [2.45, 2.75) is 13.0 Å². The molecule has 0 aliphatic carbocycles. The van der Waals surface area contributed by atoms with Crippen LogP contribution in [0.2, 0.25) is 0 Å². The second-order valence-electron chi connectivity index (χ2n) is 3.55. The molecule has 2 N–H and O–H groups in total. The van der Waals surface area contributed by atoms with E-state index in [0.717, 1.165) is 0 Å². The molecule has 7 nitrogen and oxygen atoms in total. The van der Waals surface area contributed by atoms with Gasteiger partial charge in [-0.05, 0) is 13.0 Å². The SMILES string of the molecule is COCC(O)CNc1ccc([N+](=O)[O-])c(C)n1. The lowest BCUT2D eigenvalue weighted by Gasteiger charge is -2.11. The standard InChI is InChI=1S/C10H15N3O4/c1-7-9(13(15)16)3-4-10(12-7)11-5-8(14)6-17-2/h3-4,8,14H,5-6H2,1-2H3,(H,11,12). The first-order valence-electron chi connectivity index (χ1n) is 5.07. The van der Waals surface area contributed by atoms with Crippen molar-refractivity contribution >= 4 is 11.5 Å². The molecule has 1 rings (SSSR count). The van der Waals surface area contributed by atoms with Gasteiger partial charge in [0.25, 0.3) is 5.69 Å². The summed E-state index contributed by atoms with van der Waals surface area (Å²) in [6.45, 7) is 2.06. The molecule has 1 heterocycles. The Morgan fingerprint density at radius 2 is 2.35 bits per heavy atom. The molecule has 94 valence electrons. The topological polar surface area (TPSA) is 97.5 Å². The lowest BCUT2D eigenvalue weighted by molar-refractivity contribution is -0.385. The number of ether oxygens (including phenoxy) is 1. The fourth-order valence-corrected chi connectivity index (χ4v) is 1.32. The van der Waals surface area contributed by atoms with Crippen LogP contribution >= 0.6 is 0 Å². The molecule has 0 aliphatic rings. The highest BCUT2D eigenvalue weighted by Gasteiger charge is 2.12. The summed E-state index contributed by atoms with van der Waals surface area (Å²) in [4.78, 5) is 14.1. The number of aliphatic hydroxyl groups is 1. The van der Waals surface area contributed by atoms with Gasteiger partial charge in [-0.15, -0.1) is 0 Å². The van der Waals surface area contributed by atoms with Crippen molar-refractivity contribution in [1.82, 2.24) is 4.98 Å². The fraction of sp³-hybridized carbons (Fsp3) is 0.500. The van der Waals surface area contributed by atoms with E-state index in [0.29, 0.717) is 11.5 Å². The molecule has 1 aromatic rings. The van der Waals surface area contributed by atoms with E-state index in [-0.39, 0.29) is 18.8 Å². The van der Waals surface area contributed by atoms with E-state index in [2.05, 4.69) is 10.3 Å². The molecule has 0 aromatic carbocycles. The summed E-state index contributed by atoms with van der Waals surface area (Å²) in [5.74, 6) is 0.489. The number of rotatable bonds is 6. The van der Waals surface area contributed by atoms with Crippen molar-refractivity contribution in [2.75, 3.05) is 25.6 Å². The summed E-state index contributed by atoms with van der Waals surface area (Å²) in [7, 11) is 1.50. The normalized spacial score (nSPS) is 12.2. The van der Waals surface area contributed by atoms with Crippen molar-refractivity contribution in [3.63, 3.8) is 0 Å². The molecule has 0 fully saturated rings. The summed E-state index contributed by atoms with van der Waals surface area (Å²) >= 11 is 0. The number of nitro groups is 1. The molecule has 1 aromatic heterocycles. The highest BCUT2D eigenvalue weighted by molar-refractivity contribution is 5.44. The van der Waals surface area contributed by atoms with E-state index in [1.807, 2.05) is 0 Å². The van der Waals surface area contributed by atoms with Gasteiger partial charge in [0.05, 0.1) is 17.6 Å². The van der Waals surface area contributed by atoms with Crippen molar-refractivity contribution < 1.29 is 14.8 Å². The number of aliphatic hydroxyl groups excluding tert-OH is 1. The highest BCUT2D eigenvalue weighted by atomic mass is 16.6. The largest absolute Gasteiger partial charge is 0.389 e. The molecular weight excluding hydrogens is 226 g/mol. The first kappa shape index (κ1) is 13.3. The summed E-state index contributed by atoms with van der Waals surface area (Å²) in [5, 5.41) is 22.8. The first-order valence-corrected chi connectivity index (χ1v) is 5.07.